The number of amides is 2. The van der Waals surface area contributed by atoms with E-state index in [4.69, 9.17) is 15.2 Å². The standard InChI is InChI=1S/C24H29F2N5O3/c1-28-12-16-11-18(6-9-20(16)27)30-13-15-3-10-22(34-14-21(25)26)29-23(15)31(24(30)32)17-4-7-19(33-2)8-5-17/h3,6,9-12,17,19,21H,4-5,7-8,13-14,27H2,1-2H3. The molecule has 0 bridgehead atoms. The fraction of sp³-hybridized carbons (Fsp3) is 0.458. The number of nitrogens with two attached hydrogens (primary N) is 1. The van der Waals surface area contributed by atoms with Crippen LogP contribution >= 0.6 is 0 Å². The van der Waals surface area contributed by atoms with E-state index in [0.29, 0.717) is 17.2 Å². The molecule has 1 aromatic heterocycles. The summed E-state index contributed by atoms with van der Waals surface area (Å²) in [5, 5.41) is 0. The number of aromatic nitrogens is 1. The van der Waals surface area contributed by atoms with E-state index in [1.165, 1.54) is 0 Å². The predicted octanol–water partition coefficient (Wildman–Crippen LogP) is 4.26. The van der Waals surface area contributed by atoms with E-state index >= 15 is 0 Å². The number of hydrogen-bond donors (Lipinski definition) is 1. The molecule has 0 atom stereocenters. The molecule has 0 unspecified atom stereocenters. The van der Waals surface area contributed by atoms with Crippen LogP contribution in [0.1, 0.15) is 36.8 Å². The number of ether oxygens (including phenoxy) is 2. The van der Waals surface area contributed by atoms with Gasteiger partial charge in [0.1, 0.15) is 5.82 Å². The van der Waals surface area contributed by atoms with Crippen molar-refractivity contribution in [3.8, 4) is 5.88 Å². The van der Waals surface area contributed by atoms with Gasteiger partial charge >= 0.3 is 6.03 Å². The number of urea groups is 1. The molecule has 0 saturated heterocycles. The highest BCUT2D eigenvalue weighted by Gasteiger charge is 2.39. The second-order valence-corrected chi connectivity index (χ2v) is 8.44. The number of pyridine rings is 1. The van der Waals surface area contributed by atoms with Crippen molar-refractivity contribution in [2.24, 2.45) is 4.99 Å². The number of carbonyl (C=O) groups excluding carboxylic acids is 1. The summed E-state index contributed by atoms with van der Waals surface area (Å²) in [6.45, 7) is -0.467. The number of methoxy groups -OCH3 is 1. The number of benzene rings is 1. The van der Waals surface area contributed by atoms with Gasteiger partial charge < -0.3 is 15.2 Å². The normalized spacial score (nSPS) is 20.8. The largest absolute Gasteiger partial charge is 0.472 e. The monoisotopic (exact) mass is 473 g/mol. The first kappa shape index (κ1) is 23.9. The van der Waals surface area contributed by atoms with E-state index in [0.717, 1.165) is 36.8 Å². The van der Waals surface area contributed by atoms with E-state index in [2.05, 4.69) is 9.98 Å². The van der Waals surface area contributed by atoms with Gasteiger partial charge in [-0.1, -0.05) is 0 Å². The molecule has 0 spiro atoms. The highest BCUT2D eigenvalue weighted by molar-refractivity contribution is 6.06. The molecule has 1 saturated carbocycles. The average Bonchev–Trinajstić information content (AvgIpc) is 2.84. The number of anilines is 3. The van der Waals surface area contributed by atoms with Crippen LogP contribution < -0.4 is 20.3 Å². The number of nitrogens with zero attached hydrogens (tertiary/aromatic N) is 4. The van der Waals surface area contributed by atoms with E-state index in [1.807, 2.05) is 6.07 Å². The summed E-state index contributed by atoms with van der Waals surface area (Å²) in [5.74, 6) is 0.532. The zero-order valence-corrected chi connectivity index (χ0v) is 19.3. The van der Waals surface area contributed by atoms with Crippen molar-refractivity contribution in [2.45, 2.75) is 50.8 Å². The highest BCUT2D eigenvalue weighted by atomic mass is 19.3. The summed E-state index contributed by atoms with van der Waals surface area (Å²) < 4.78 is 36.0. The Morgan fingerprint density at radius 2 is 2.00 bits per heavy atom. The summed E-state index contributed by atoms with van der Waals surface area (Å²) in [6.07, 6.45) is 2.34. The van der Waals surface area contributed by atoms with Gasteiger partial charge in [-0.05, 0) is 49.9 Å². The van der Waals surface area contributed by atoms with Crippen LogP contribution in [0, 0.1) is 0 Å². The Morgan fingerprint density at radius 1 is 1.24 bits per heavy atom. The number of nitrogen functional groups attached to an aromatic ring is 1. The summed E-state index contributed by atoms with van der Waals surface area (Å²) in [7, 11) is 3.35. The summed E-state index contributed by atoms with van der Waals surface area (Å²) in [4.78, 5) is 25.7. The zero-order valence-electron chi connectivity index (χ0n) is 19.3. The molecule has 4 rings (SSSR count). The molecule has 0 radical (unpaired) electrons. The SMILES string of the molecule is CN=Cc1cc(N2Cc3ccc(OCC(F)F)nc3N(C3CCC(OC)CC3)C2=O)ccc1N. The number of hydrogen-bond acceptors (Lipinski definition) is 6. The van der Waals surface area contributed by atoms with E-state index < -0.39 is 13.0 Å². The Morgan fingerprint density at radius 3 is 2.68 bits per heavy atom. The van der Waals surface area contributed by atoms with Crippen LogP contribution in [0.2, 0.25) is 0 Å². The Bertz CT molecular complexity index is 1060. The zero-order chi connectivity index (χ0) is 24.2. The Kier molecular flexibility index (Phi) is 7.26. The Hall–Kier alpha value is -3.27. The third kappa shape index (κ3) is 4.96. The minimum absolute atomic E-state index is 0.0739. The Balaban J connectivity index is 1.71. The van der Waals surface area contributed by atoms with Crippen molar-refractivity contribution in [3.63, 3.8) is 0 Å². The fourth-order valence-electron chi connectivity index (χ4n) is 4.53. The second-order valence-electron chi connectivity index (χ2n) is 8.44. The molecule has 1 aliphatic carbocycles. The lowest BCUT2D eigenvalue weighted by Gasteiger charge is -2.42. The number of alkyl halides is 2. The van der Waals surface area contributed by atoms with Gasteiger partial charge in [0.15, 0.2) is 6.61 Å². The molecule has 182 valence electrons. The van der Waals surface area contributed by atoms with Gasteiger partial charge in [0.05, 0.1) is 12.6 Å². The van der Waals surface area contributed by atoms with Crippen LogP contribution in [0.3, 0.4) is 0 Å². The third-order valence-electron chi connectivity index (χ3n) is 6.27. The molecular weight excluding hydrogens is 444 g/mol. The molecule has 34 heavy (non-hydrogen) atoms. The maximum atomic E-state index is 13.8. The van der Waals surface area contributed by atoms with Crippen molar-refractivity contribution >= 4 is 29.4 Å². The smallest absolute Gasteiger partial charge is 0.330 e. The van der Waals surface area contributed by atoms with Crippen molar-refractivity contribution < 1.29 is 23.0 Å². The van der Waals surface area contributed by atoms with Crippen LogP contribution in [-0.4, -0.2) is 56.6 Å². The predicted molar refractivity (Wildman–Crippen MR) is 127 cm³/mol. The Labute approximate surface area is 197 Å². The molecule has 1 aliphatic heterocycles. The van der Waals surface area contributed by atoms with Crippen LogP contribution in [0.5, 0.6) is 5.88 Å². The maximum absolute atomic E-state index is 13.8. The number of carbonyl (C=O) groups is 1. The van der Waals surface area contributed by atoms with Crippen molar-refractivity contribution in [2.75, 3.05) is 36.3 Å². The molecule has 1 fully saturated rings. The molecule has 10 heteroatoms. The molecule has 2 N–H and O–H groups in total. The maximum Gasteiger partial charge on any atom is 0.330 e. The summed E-state index contributed by atoms with van der Waals surface area (Å²) >= 11 is 0. The van der Waals surface area contributed by atoms with E-state index in [9.17, 15) is 13.6 Å². The lowest BCUT2D eigenvalue weighted by Crippen LogP contribution is -2.53. The van der Waals surface area contributed by atoms with Crippen LogP contribution in [-0.2, 0) is 11.3 Å². The summed E-state index contributed by atoms with van der Waals surface area (Å²) in [6, 6.07) is 8.41. The highest BCUT2D eigenvalue weighted by Crippen LogP contribution is 2.37. The van der Waals surface area contributed by atoms with Gasteiger partial charge in [0, 0.05) is 55.0 Å². The number of aliphatic imine (C=N–C) groups is 1. The molecule has 8 nitrogen and oxygen atoms in total. The molecule has 2 amide bonds. The van der Waals surface area contributed by atoms with Crippen LogP contribution in [0.25, 0.3) is 0 Å². The first-order chi connectivity index (χ1) is 16.4. The molecular formula is C24H29F2N5O3. The molecule has 2 aliphatic rings. The quantitative estimate of drug-likeness (QED) is 0.479. The third-order valence-corrected chi connectivity index (χ3v) is 6.27. The average molecular weight is 474 g/mol. The first-order valence-corrected chi connectivity index (χ1v) is 11.3. The molecule has 1 aromatic carbocycles. The van der Waals surface area contributed by atoms with Gasteiger partial charge in [0.25, 0.3) is 6.43 Å². The second kappa shape index (κ2) is 10.3. The minimum atomic E-state index is -2.61. The van der Waals surface area contributed by atoms with Gasteiger partial charge in [-0.3, -0.25) is 14.8 Å². The van der Waals surface area contributed by atoms with Crippen molar-refractivity contribution in [1.29, 1.82) is 0 Å². The minimum Gasteiger partial charge on any atom is -0.472 e. The van der Waals surface area contributed by atoms with Gasteiger partial charge in [0.2, 0.25) is 5.88 Å². The van der Waals surface area contributed by atoms with E-state index in [1.54, 1.807) is 54.4 Å². The topological polar surface area (TPSA) is 93.3 Å². The van der Waals surface area contributed by atoms with Gasteiger partial charge in [-0.2, -0.15) is 4.98 Å². The van der Waals surface area contributed by atoms with Gasteiger partial charge in [-0.15, -0.1) is 0 Å². The lowest BCUT2D eigenvalue weighted by molar-refractivity contribution is 0.0659. The van der Waals surface area contributed by atoms with Crippen molar-refractivity contribution in [1.82, 2.24) is 4.98 Å². The number of halogens is 2. The number of fused-ring (bicyclic) bond motifs is 1. The van der Waals surface area contributed by atoms with Crippen molar-refractivity contribution in [3.05, 3.63) is 41.5 Å². The molecule has 2 aromatic rings. The van der Waals surface area contributed by atoms with Crippen LogP contribution in [0.15, 0.2) is 35.3 Å². The van der Waals surface area contributed by atoms with E-state index in [-0.39, 0.29) is 30.6 Å². The number of rotatable bonds is 7. The van der Waals surface area contributed by atoms with Crippen LogP contribution in [0.4, 0.5) is 30.8 Å². The summed E-state index contributed by atoms with van der Waals surface area (Å²) in [5.41, 5.74) is 8.84. The fourth-order valence-corrected chi connectivity index (χ4v) is 4.53. The van der Waals surface area contributed by atoms with Gasteiger partial charge in [-0.25, -0.2) is 13.6 Å². The lowest BCUT2D eigenvalue weighted by atomic mass is 9.91. The molecule has 2 heterocycles. The first-order valence-electron chi connectivity index (χ1n) is 11.3.